The molecule has 1 aliphatic heterocycles. The van der Waals surface area contributed by atoms with Crippen LogP contribution >= 0.6 is 0 Å². The number of ketones is 1. The van der Waals surface area contributed by atoms with Crippen molar-refractivity contribution in [3.8, 4) is 0 Å². The molecule has 18 nitrogen and oxygen atoms in total. The number of Topliss-reactive ketones (excluding diaryl/α,β-unsaturated/α-hetero) is 1. The van der Waals surface area contributed by atoms with Gasteiger partial charge in [-0.15, -0.1) is 0 Å². The smallest absolute Gasteiger partial charge is 0.303 e. The second-order valence-corrected chi connectivity index (χ2v) is 17.8. The van der Waals surface area contributed by atoms with E-state index < -0.39 is 66.7 Å². The summed E-state index contributed by atoms with van der Waals surface area (Å²) in [4.78, 5) is 95.5. The van der Waals surface area contributed by atoms with Crippen molar-refractivity contribution in [3.63, 3.8) is 0 Å². The van der Waals surface area contributed by atoms with Crippen molar-refractivity contribution >= 4 is 47.4 Å². The van der Waals surface area contributed by atoms with Crippen LogP contribution in [-0.4, -0.2) is 122 Å². The summed E-state index contributed by atoms with van der Waals surface area (Å²) in [6.45, 7) is 12.9. The average molecular weight is 957 g/mol. The van der Waals surface area contributed by atoms with Crippen LogP contribution in [0.4, 0.5) is 0 Å². The van der Waals surface area contributed by atoms with Crippen LogP contribution in [0.3, 0.4) is 0 Å². The molecular formula is C49H84N2O16. The van der Waals surface area contributed by atoms with E-state index in [1.165, 1.54) is 27.7 Å². The molecule has 0 spiro atoms. The molecule has 0 unspecified atom stereocenters. The maximum Gasteiger partial charge on any atom is 0.303 e. The molecule has 1 heterocycles. The Hall–Kier alpha value is -4.16. The third-order valence-corrected chi connectivity index (χ3v) is 11.3. The van der Waals surface area contributed by atoms with Gasteiger partial charge in [0.15, 0.2) is 30.4 Å². The molecule has 0 aliphatic carbocycles. The zero-order valence-corrected chi connectivity index (χ0v) is 42.0. The summed E-state index contributed by atoms with van der Waals surface area (Å²) in [7, 11) is 0. The standard InChI is InChI=1S/C49H84N2O16/c1-33(50-35(3)52)43(62-38(6)55)28-24-20-17-14-18-22-26-30-60-31-42(59)27-23-19-15-12-10-11-13-16-21-25-29-44(34(2)51-36(4)53)66-49-48(65-41(9)58)47(64-40(8)57)46(63-39(7)56)45(67-49)32-61-37(5)54/h33-34,43-49H,10-32H2,1-9H3,(H,50,52)(H,51,53)/t33-,34-,43-,44-,45-,46+,47+,48-,49-/m1/s1. The van der Waals surface area contributed by atoms with Crippen molar-refractivity contribution in [2.45, 2.75) is 246 Å². The number of rotatable bonds is 37. The van der Waals surface area contributed by atoms with E-state index in [2.05, 4.69) is 10.6 Å². The summed E-state index contributed by atoms with van der Waals surface area (Å²) in [5.41, 5.74) is 0. The SMILES string of the molecule is CC(=O)N[C@H](C)[C@@H](CCCCCCCCCOCC(=O)CCCCCCCCCCCC[C@@H](O[C@@H]1O[C@H](COC(C)=O)[C@H](OC(C)=O)[C@H](OC(C)=O)[C@H]1OC(C)=O)[C@@H](C)NC(C)=O)OC(C)=O. The van der Waals surface area contributed by atoms with Crippen molar-refractivity contribution in [2.24, 2.45) is 0 Å². The monoisotopic (exact) mass is 957 g/mol. The molecule has 2 N–H and O–H groups in total. The Bertz CT molecular complexity index is 1490. The topological polar surface area (TPSA) is 234 Å². The molecule has 9 atom stereocenters. The van der Waals surface area contributed by atoms with Gasteiger partial charge in [0.1, 0.15) is 25.4 Å². The van der Waals surface area contributed by atoms with Gasteiger partial charge in [0.05, 0.1) is 18.2 Å². The molecule has 2 amide bonds. The number of hydrogen-bond acceptors (Lipinski definition) is 16. The minimum absolute atomic E-state index is 0.140. The molecule has 0 aromatic carbocycles. The molecule has 18 heteroatoms. The molecule has 0 bridgehead atoms. The fourth-order valence-electron chi connectivity index (χ4n) is 8.13. The van der Waals surface area contributed by atoms with E-state index in [-0.39, 0.29) is 48.9 Å². The molecule has 1 aliphatic rings. The summed E-state index contributed by atoms with van der Waals surface area (Å²) >= 11 is 0. The molecule has 0 aromatic heterocycles. The van der Waals surface area contributed by atoms with Gasteiger partial charge >= 0.3 is 29.8 Å². The van der Waals surface area contributed by atoms with E-state index in [9.17, 15) is 38.4 Å². The molecule has 0 saturated carbocycles. The lowest BCUT2D eigenvalue weighted by atomic mass is 9.97. The number of ether oxygens (including phenoxy) is 8. The lowest BCUT2D eigenvalue weighted by molar-refractivity contribution is -0.318. The summed E-state index contributed by atoms with van der Waals surface area (Å²) in [5.74, 6) is -3.44. The summed E-state index contributed by atoms with van der Waals surface area (Å²) in [6, 6.07) is -0.711. The van der Waals surface area contributed by atoms with Crippen LogP contribution < -0.4 is 10.6 Å². The number of esters is 5. The molecule has 0 aromatic rings. The van der Waals surface area contributed by atoms with Gasteiger partial charge in [0, 0.05) is 61.5 Å². The number of hydrogen-bond donors (Lipinski definition) is 2. The van der Waals surface area contributed by atoms with Crippen LogP contribution in [0.1, 0.15) is 191 Å². The molecule has 0 radical (unpaired) electrons. The zero-order valence-electron chi connectivity index (χ0n) is 42.0. The van der Waals surface area contributed by atoms with E-state index >= 15 is 0 Å². The second-order valence-electron chi connectivity index (χ2n) is 17.8. The fourth-order valence-corrected chi connectivity index (χ4v) is 8.13. The number of carbonyl (C=O) groups excluding carboxylic acids is 8. The van der Waals surface area contributed by atoms with Gasteiger partial charge in [-0.05, 0) is 46.0 Å². The Morgan fingerprint density at radius 3 is 1.40 bits per heavy atom. The summed E-state index contributed by atoms with van der Waals surface area (Å²) in [5, 5.41) is 5.66. The van der Waals surface area contributed by atoms with E-state index in [4.69, 9.17) is 37.9 Å². The van der Waals surface area contributed by atoms with Gasteiger partial charge in [-0.2, -0.15) is 0 Å². The second kappa shape index (κ2) is 35.9. The largest absolute Gasteiger partial charge is 0.463 e. The number of amides is 2. The summed E-state index contributed by atoms with van der Waals surface area (Å²) < 4.78 is 45.3. The van der Waals surface area contributed by atoms with Crippen molar-refractivity contribution in [2.75, 3.05) is 19.8 Å². The number of unbranched alkanes of at least 4 members (excludes halogenated alkanes) is 15. The minimum Gasteiger partial charge on any atom is -0.463 e. The Labute approximate surface area is 399 Å². The first-order chi connectivity index (χ1) is 31.8. The highest BCUT2D eigenvalue weighted by Crippen LogP contribution is 2.32. The Morgan fingerprint density at radius 1 is 0.493 bits per heavy atom. The quantitative estimate of drug-likeness (QED) is 0.0369. The van der Waals surface area contributed by atoms with Crippen LogP contribution in [0.5, 0.6) is 0 Å². The van der Waals surface area contributed by atoms with Crippen LogP contribution in [-0.2, 0) is 76.3 Å². The number of nitrogens with one attached hydrogen (secondary N) is 2. The van der Waals surface area contributed by atoms with Gasteiger partial charge in [0.25, 0.3) is 0 Å². The molecule has 1 saturated heterocycles. The minimum atomic E-state index is -1.36. The Morgan fingerprint density at radius 2 is 0.925 bits per heavy atom. The third-order valence-electron chi connectivity index (χ3n) is 11.3. The highest BCUT2D eigenvalue weighted by Gasteiger charge is 2.53. The Kier molecular flexibility index (Phi) is 32.6. The first-order valence-electron chi connectivity index (χ1n) is 24.6. The van der Waals surface area contributed by atoms with Crippen molar-refractivity contribution < 1.29 is 76.3 Å². The lowest BCUT2D eigenvalue weighted by Crippen LogP contribution is -2.63. The Balaban J connectivity index is 2.38. The zero-order chi connectivity index (χ0) is 50.1. The van der Waals surface area contributed by atoms with Crippen molar-refractivity contribution in [1.82, 2.24) is 10.6 Å². The van der Waals surface area contributed by atoms with Gasteiger partial charge in [-0.25, -0.2) is 0 Å². The first kappa shape index (κ1) is 60.9. The van der Waals surface area contributed by atoms with Crippen molar-refractivity contribution in [1.29, 1.82) is 0 Å². The maximum atomic E-state index is 12.3. The molecule has 1 fully saturated rings. The van der Waals surface area contributed by atoms with Gasteiger partial charge in [-0.3, -0.25) is 38.4 Å². The average Bonchev–Trinajstić information content (AvgIpc) is 3.22. The van der Waals surface area contributed by atoms with Crippen LogP contribution in [0.15, 0.2) is 0 Å². The molecule has 386 valence electrons. The van der Waals surface area contributed by atoms with Crippen molar-refractivity contribution in [3.05, 3.63) is 0 Å². The predicted molar refractivity (Wildman–Crippen MR) is 247 cm³/mol. The molecule has 67 heavy (non-hydrogen) atoms. The third kappa shape index (κ3) is 30.1. The highest BCUT2D eigenvalue weighted by atomic mass is 16.7. The summed E-state index contributed by atoms with van der Waals surface area (Å²) in [6.07, 6.45) is 11.6. The van der Waals surface area contributed by atoms with Gasteiger partial charge < -0.3 is 48.5 Å². The van der Waals surface area contributed by atoms with E-state index in [1.807, 2.05) is 6.92 Å². The first-order valence-corrected chi connectivity index (χ1v) is 24.6. The number of carbonyl (C=O) groups is 8. The lowest BCUT2D eigenvalue weighted by Gasteiger charge is -2.45. The van der Waals surface area contributed by atoms with E-state index in [1.54, 1.807) is 6.92 Å². The van der Waals surface area contributed by atoms with Crippen LogP contribution in [0.2, 0.25) is 0 Å². The van der Waals surface area contributed by atoms with Gasteiger partial charge in [0.2, 0.25) is 11.8 Å². The maximum absolute atomic E-state index is 12.3. The van der Waals surface area contributed by atoms with E-state index in [0.717, 1.165) is 136 Å². The van der Waals surface area contributed by atoms with Crippen LogP contribution in [0, 0.1) is 0 Å². The normalized spacial score (nSPS) is 19.7. The van der Waals surface area contributed by atoms with Gasteiger partial charge in [-0.1, -0.05) is 89.9 Å². The van der Waals surface area contributed by atoms with E-state index in [0.29, 0.717) is 19.4 Å². The molecule has 1 rings (SSSR count). The van der Waals surface area contributed by atoms with Crippen LogP contribution in [0.25, 0.3) is 0 Å². The highest BCUT2D eigenvalue weighted by molar-refractivity contribution is 5.79. The molecular weight excluding hydrogens is 873 g/mol. The predicted octanol–water partition coefficient (Wildman–Crippen LogP) is 6.82. The fraction of sp³-hybridized carbons (Fsp3) is 0.837.